The summed E-state index contributed by atoms with van der Waals surface area (Å²) in [4.78, 5) is 26.7. The number of hydrogen-bond donors (Lipinski definition) is 3. The van der Waals surface area contributed by atoms with E-state index in [0.29, 0.717) is 18.5 Å². The highest BCUT2D eigenvalue weighted by Crippen LogP contribution is 2.39. The molecule has 1 aliphatic heterocycles. The standard InChI is InChI=1S/C41H53N9O3.CH2O2/c1-28-11-9-10-22-48(28)40-45-44-37-21-18-31(27-49(37)40)53-35-20-19-34(32-12-7-8-13-33(32)35)42-39(51)43-38-25-36(41(2,3)4)46-50(38)30-16-14-29(15-17-30)26-47(5)23-24-52-6;2-1-3/h7-8,12-18,21,25,27-28,34-35H,9-11,19-20,22-24,26H2,1-6H3,(H2,42,43,51);1H,(H,2,3)/t28?,34-,35+;/m0./s1. The Bertz CT molecular complexity index is 2070. The van der Waals surface area contributed by atoms with Gasteiger partial charge >= 0.3 is 6.03 Å². The molecule has 3 N–H and O–H groups in total. The van der Waals surface area contributed by atoms with Crippen LogP contribution in [0.2, 0.25) is 0 Å². The van der Waals surface area contributed by atoms with Crippen molar-refractivity contribution in [3.63, 3.8) is 0 Å². The van der Waals surface area contributed by atoms with Crippen LogP contribution < -0.4 is 20.3 Å². The maximum atomic E-state index is 13.7. The highest BCUT2D eigenvalue weighted by atomic mass is 16.5. The summed E-state index contributed by atoms with van der Waals surface area (Å²) in [7, 11) is 3.80. The molecular weight excluding hydrogens is 711 g/mol. The van der Waals surface area contributed by atoms with Crippen molar-refractivity contribution < 1.29 is 24.2 Å². The SMILES string of the molecule is COCCN(C)Cc1ccc(-n2nc(C(C)(C)C)cc2NC(=O)N[C@H]2CC[C@@H](Oc3ccc4nnc(N5CCCCC5C)n4c3)c3ccccc32)cc1.O=CO. The van der Waals surface area contributed by atoms with Crippen molar-refractivity contribution in [1.29, 1.82) is 0 Å². The Hall–Kier alpha value is -5.47. The van der Waals surface area contributed by atoms with Crippen LogP contribution in [0.15, 0.2) is 72.9 Å². The molecule has 14 heteroatoms. The topological polar surface area (TPSA) is 151 Å². The predicted molar refractivity (Wildman–Crippen MR) is 217 cm³/mol. The van der Waals surface area contributed by atoms with Crippen molar-refractivity contribution in [1.82, 2.24) is 34.6 Å². The fourth-order valence-electron chi connectivity index (χ4n) is 7.43. The highest BCUT2D eigenvalue weighted by Gasteiger charge is 2.31. The summed E-state index contributed by atoms with van der Waals surface area (Å²) in [6.45, 7) is 11.7. The second kappa shape index (κ2) is 18.0. The molecule has 5 aromatic rings. The Morgan fingerprint density at radius 2 is 1.77 bits per heavy atom. The molecular formula is C42H55N9O5. The summed E-state index contributed by atoms with van der Waals surface area (Å²) in [5.74, 6) is 2.25. The van der Waals surface area contributed by atoms with Gasteiger partial charge in [0.2, 0.25) is 5.95 Å². The van der Waals surface area contributed by atoms with Gasteiger partial charge in [-0.3, -0.25) is 19.4 Å². The van der Waals surface area contributed by atoms with E-state index in [4.69, 9.17) is 24.5 Å². The first-order valence-corrected chi connectivity index (χ1v) is 19.4. The molecule has 0 saturated carbocycles. The molecule has 14 nitrogen and oxygen atoms in total. The van der Waals surface area contributed by atoms with Crippen molar-refractivity contribution in [3.8, 4) is 11.4 Å². The highest BCUT2D eigenvalue weighted by molar-refractivity contribution is 5.89. The number of pyridine rings is 1. The van der Waals surface area contributed by atoms with E-state index >= 15 is 0 Å². The van der Waals surface area contributed by atoms with E-state index in [1.165, 1.54) is 12.0 Å². The minimum atomic E-state index is -0.278. The Balaban J connectivity index is 0.00000172. The van der Waals surface area contributed by atoms with Crippen LogP contribution in [-0.2, 0) is 21.5 Å². The number of amides is 2. The number of anilines is 2. The Labute approximate surface area is 328 Å². The Morgan fingerprint density at radius 1 is 1.02 bits per heavy atom. The number of carbonyl (C=O) groups excluding carboxylic acids is 1. The molecule has 1 saturated heterocycles. The molecule has 1 fully saturated rings. The van der Waals surface area contributed by atoms with Gasteiger partial charge in [0.05, 0.1) is 30.2 Å². The molecule has 298 valence electrons. The molecule has 7 rings (SSSR count). The van der Waals surface area contributed by atoms with Crippen LogP contribution in [0.3, 0.4) is 0 Å². The maximum Gasteiger partial charge on any atom is 0.320 e. The number of methoxy groups -OCH3 is 1. The lowest BCUT2D eigenvalue weighted by Crippen LogP contribution is -2.38. The zero-order valence-electron chi connectivity index (χ0n) is 33.3. The number of piperidine rings is 1. The molecule has 2 amide bonds. The molecule has 0 spiro atoms. The number of carbonyl (C=O) groups is 2. The van der Waals surface area contributed by atoms with Gasteiger partial charge in [-0.05, 0) is 87.0 Å². The van der Waals surface area contributed by atoms with Crippen LogP contribution in [0.25, 0.3) is 11.3 Å². The molecule has 2 aromatic carbocycles. The summed E-state index contributed by atoms with van der Waals surface area (Å²) in [6, 6.07) is 22.4. The molecule has 4 heterocycles. The monoisotopic (exact) mass is 765 g/mol. The predicted octanol–water partition coefficient (Wildman–Crippen LogP) is 7.15. The third-order valence-electron chi connectivity index (χ3n) is 10.5. The molecule has 3 aromatic heterocycles. The minimum absolute atomic E-state index is 0.155. The van der Waals surface area contributed by atoms with Gasteiger partial charge in [0.25, 0.3) is 6.47 Å². The van der Waals surface area contributed by atoms with Gasteiger partial charge in [0, 0.05) is 44.3 Å². The summed E-state index contributed by atoms with van der Waals surface area (Å²) < 4.78 is 15.8. The van der Waals surface area contributed by atoms with E-state index in [2.05, 4.69) is 102 Å². The number of likely N-dealkylation sites (N-methyl/N-ethyl adjacent to an activating group) is 1. The number of fused-ring (bicyclic) bond motifs is 2. The minimum Gasteiger partial charge on any atom is -0.484 e. The largest absolute Gasteiger partial charge is 0.484 e. The van der Waals surface area contributed by atoms with E-state index in [9.17, 15) is 4.79 Å². The average molecular weight is 766 g/mol. The summed E-state index contributed by atoms with van der Waals surface area (Å²) in [5, 5.41) is 27.2. The van der Waals surface area contributed by atoms with Gasteiger partial charge in [-0.15, -0.1) is 10.2 Å². The lowest BCUT2D eigenvalue weighted by atomic mass is 9.85. The van der Waals surface area contributed by atoms with Crippen molar-refractivity contribution in [2.45, 2.75) is 89.9 Å². The van der Waals surface area contributed by atoms with Crippen molar-refractivity contribution in [2.24, 2.45) is 0 Å². The number of urea groups is 1. The number of benzene rings is 2. The molecule has 0 radical (unpaired) electrons. The van der Waals surface area contributed by atoms with E-state index in [1.807, 2.05) is 45.6 Å². The Morgan fingerprint density at radius 3 is 2.48 bits per heavy atom. The van der Waals surface area contributed by atoms with E-state index in [0.717, 1.165) is 85.2 Å². The summed E-state index contributed by atoms with van der Waals surface area (Å²) in [5.41, 5.74) is 5.70. The second-order valence-corrected chi connectivity index (χ2v) is 15.7. The van der Waals surface area contributed by atoms with Gasteiger partial charge in [-0.1, -0.05) is 57.2 Å². The van der Waals surface area contributed by atoms with Crippen molar-refractivity contribution >= 4 is 29.9 Å². The smallest absolute Gasteiger partial charge is 0.320 e. The maximum absolute atomic E-state index is 13.7. The molecule has 0 bridgehead atoms. The lowest BCUT2D eigenvalue weighted by Gasteiger charge is -2.33. The van der Waals surface area contributed by atoms with Crippen LogP contribution in [0.4, 0.5) is 16.6 Å². The molecule has 2 aliphatic rings. The molecule has 3 atom stereocenters. The van der Waals surface area contributed by atoms with Crippen LogP contribution in [0.5, 0.6) is 5.75 Å². The van der Waals surface area contributed by atoms with E-state index < -0.39 is 0 Å². The first-order valence-electron chi connectivity index (χ1n) is 19.4. The van der Waals surface area contributed by atoms with Crippen molar-refractivity contribution in [2.75, 3.05) is 44.1 Å². The fraction of sp³-hybridized carbons (Fsp3) is 0.452. The van der Waals surface area contributed by atoms with Crippen LogP contribution >= 0.6 is 0 Å². The first kappa shape index (κ1) is 40.2. The van der Waals surface area contributed by atoms with E-state index in [-0.39, 0.29) is 30.1 Å². The fourth-order valence-corrected chi connectivity index (χ4v) is 7.43. The normalized spacial score (nSPS) is 18.2. The number of carboxylic acid groups (broad SMARTS) is 1. The van der Waals surface area contributed by atoms with Crippen LogP contribution in [0.1, 0.15) is 94.3 Å². The number of nitrogens with zero attached hydrogens (tertiary/aromatic N) is 7. The average Bonchev–Trinajstić information content (AvgIpc) is 3.80. The summed E-state index contributed by atoms with van der Waals surface area (Å²) >= 11 is 0. The third kappa shape index (κ3) is 9.48. The quantitative estimate of drug-likeness (QED) is 0.118. The zero-order valence-corrected chi connectivity index (χ0v) is 33.3. The molecule has 1 aliphatic carbocycles. The van der Waals surface area contributed by atoms with Crippen molar-refractivity contribution in [3.05, 3.63) is 95.3 Å². The number of aromatic nitrogens is 5. The van der Waals surface area contributed by atoms with Gasteiger partial charge < -0.3 is 24.8 Å². The lowest BCUT2D eigenvalue weighted by molar-refractivity contribution is -0.122. The first-order chi connectivity index (χ1) is 27.0. The molecule has 56 heavy (non-hydrogen) atoms. The third-order valence-corrected chi connectivity index (χ3v) is 10.5. The zero-order chi connectivity index (χ0) is 39.8. The van der Waals surface area contributed by atoms with E-state index in [1.54, 1.807) is 7.11 Å². The van der Waals surface area contributed by atoms with Gasteiger partial charge in [0.1, 0.15) is 17.7 Å². The van der Waals surface area contributed by atoms with Crippen LogP contribution in [0, 0.1) is 0 Å². The van der Waals surface area contributed by atoms with Gasteiger partial charge in [0.15, 0.2) is 5.65 Å². The summed E-state index contributed by atoms with van der Waals surface area (Å²) in [6.07, 6.45) is 6.89. The second-order valence-electron chi connectivity index (χ2n) is 15.7. The molecule has 1 unspecified atom stereocenters. The van der Waals surface area contributed by atoms with Gasteiger partial charge in [-0.25, -0.2) is 9.48 Å². The number of hydrogen-bond acceptors (Lipinski definition) is 9. The van der Waals surface area contributed by atoms with Crippen LogP contribution in [-0.4, -0.2) is 86.8 Å². The van der Waals surface area contributed by atoms with Gasteiger partial charge in [-0.2, -0.15) is 5.10 Å². The number of nitrogens with one attached hydrogen (secondary N) is 2. The Kier molecular flexibility index (Phi) is 12.9. The number of ether oxygens (including phenoxy) is 2. The number of rotatable bonds is 11.